The third-order valence-corrected chi connectivity index (χ3v) is 4.24. The fourth-order valence-corrected chi connectivity index (χ4v) is 3.01. The Hall–Kier alpha value is -2.48. The lowest BCUT2D eigenvalue weighted by Gasteiger charge is -2.17. The van der Waals surface area contributed by atoms with Gasteiger partial charge in [-0.1, -0.05) is 12.1 Å². The number of carbonyl (C=O) groups is 1. The Morgan fingerprint density at radius 3 is 2.79 bits per heavy atom. The van der Waals surface area contributed by atoms with Crippen LogP contribution in [0.15, 0.2) is 42.0 Å². The summed E-state index contributed by atoms with van der Waals surface area (Å²) in [5.41, 5.74) is 1.55. The molecular formula is C16H15F2N3O2S. The minimum Gasteiger partial charge on any atom is -0.435 e. The van der Waals surface area contributed by atoms with E-state index in [2.05, 4.69) is 9.72 Å². The second-order valence-electron chi connectivity index (χ2n) is 5.27. The summed E-state index contributed by atoms with van der Waals surface area (Å²) >= 11 is 1.51. The molecule has 0 spiro atoms. The van der Waals surface area contributed by atoms with Crippen LogP contribution in [0.4, 0.5) is 8.78 Å². The maximum Gasteiger partial charge on any atom is 0.387 e. The lowest BCUT2D eigenvalue weighted by atomic mass is 10.2. The highest BCUT2D eigenvalue weighted by Gasteiger charge is 2.13. The number of alkyl halides is 2. The molecule has 24 heavy (non-hydrogen) atoms. The van der Waals surface area contributed by atoms with Crippen molar-refractivity contribution in [1.29, 1.82) is 0 Å². The largest absolute Gasteiger partial charge is 0.435 e. The van der Waals surface area contributed by atoms with Gasteiger partial charge in [0, 0.05) is 31.4 Å². The fraction of sp³-hybridized carbons (Fsp3) is 0.250. The molecule has 0 saturated heterocycles. The number of hydrogen-bond acceptors (Lipinski definition) is 4. The first-order valence-electron chi connectivity index (χ1n) is 7.20. The molecule has 0 bridgehead atoms. The quantitative estimate of drug-likeness (QED) is 0.685. The van der Waals surface area contributed by atoms with E-state index in [1.165, 1.54) is 23.5 Å². The van der Waals surface area contributed by atoms with Crippen molar-refractivity contribution >= 4 is 22.2 Å². The summed E-state index contributed by atoms with van der Waals surface area (Å²) in [7, 11) is 1.70. The van der Waals surface area contributed by atoms with Crippen LogP contribution < -0.4 is 4.74 Å². The Labute approximate surface area is 141 Å². The lowest BCUT2D eigenvalue weighted by molar-refractivity contribution is -0.129. The van der Waals surface area contributed by atoms with E-state index in [4.69, 9.17) is 0 Å². The molecule has 3 rings (SSSR count). The van der Waals surface area contributed by atoms with E-state index in [9.17, 15) is 13.6 Å². The average molecular weight is 351 g/mol. The lowest BCUT2D eigenvalue weighted by Crippen LogP contribution is -2.27. The van der Waals surface area contributed by atoms with Gasteiger partial charge in [-0.15, -0.1) is 11.3 Å². The van der Waals surface area contributed by atoms with Gasteiger partial charge in [0.05, 0.1) is 12.1 Å². The third-order valence-electron chi connectivity index (χ3n) is 3.47. The normalized spacial score (nSPS) is 11.2. The fourth-order valence-electron chi connectivity index (χ4n) is 2.29. The van der Waals surface area contributed by atoms with Crippen molar-refractivity contribution in [2.45, 2.75) is 19.6 Å². The van der Waals surface area contributed by atoms with Gasteiger partial charge in [-0.3, -0.25) is 9.20 Å². The first-order chi connectivity index (χ1) is 11.5. The number of hydrogen-bond donors (Lipinski definition) is 0. The monoisotopic (exact) mass is 351 g/mol. The van der Waals surface area contributed by atoms with E-state index in [1.807, 2.05) is 22.2 Å². The maximum atomic E-state index is 12.3. The number of benzene rings is 1. The van der Waals surface area contributed by atoms with Crippen LogP contribution >= 0.6 is 11.3 Å². The molecule has 0 aliphatic rings. The van der Waals surface area contributed by atoms with Crippen LogP contribution in [0.1, 0.15) is 11.3 Å². The molecule has 5 nitrogen and oxygen atoms in total. The summed E-state index contributed by atoms with van der Waals surface area (Å²) in [6.07, 6.45) is 3.96. The topological polar surface area (TPSA) is 46.8 Å². The van der Waals surface area contributed by atoms with Crippen LogP contribution in [0, 0.1) is 0 Å². The van der Waals surface area contributed by atoms with Gasteiger partial charge in [0.1, 0.15) is 5.75 Å². The van der Waals surface area contributed by atoms with E-state index in [0.717, 1.165) is 16.2 Å². The van der Waals surface area contributed by atoms with Crippen molar-refractivity contribution < 1.29 is 18.3 Å². The van der Waals surface area contributed by atoms with Crippen LogP contribution in [0.5, 0.6) is 5.75 Å². The van der Waals surface area contributed by atoms with Crippen LogP contribution in [0.2, 0.25) is 0 Å². The summed E-state index contributed by atoms with van der Waals surface area (Å²) < 4.78 is 30.4. The third kappa shape index (κ3) is 3.88. The van der Waals surface area contributed by atoms with Gasteiger partial charge in [0.25, 0.3) is 0 Å². The molecule has 0 unspecified atom stereocenters. The van der Waals surface area contributed by atoms with Gasteiger partial charge >= 0.3 is 6.61 Å². The van der Waals surface area contributed by atoms with E-state index in [1.54, 1.807) is 24.1 Å². The molecule has 2 heterocycles. The number of fused-ring (bicyclic) bond motifs is 1. The van der Waals surface area contributed by atoms with Gasteiger partial charge in [0.2, 0.25) is 5.91 Å². The number of ether oxygens (including phenoxy) is 1. The number of carbonyl (C=O) groups excluding carboxylic acids is 1. The van der Waals surface area contributed by atoms with Crippen molar-refractivity contribution in [2.75, 3.05) is 7.05 Å². The first-order valence-corrected chi connectivity index (χ1v) is 8.08. The number of rotatable bonds is 6. The molecule has 126 valence electrons. The Morgan fingerprint density at radius 1 is 1.38 bits per heavy atom. The number of aromatic nitrogens is 2. The molecule has 0 fully saturated rings. The van der Waals surface area contributed by atoms with Crippen LogP contribution in [0.3, 0.4) is 0 Å². The highest BCUT2D eigenvalue weighted by Crippen LogP contribution is 2.16. The second-order valence-corrected chi connectivity index (χ2v) is 6.15. The van der Waals surface area contributed by atoms with E-state index >= 15 is 0 Å². The number of likely N-dealkylation sites (N-methyl/N-ethyl adjacent to an activating group) is 1. The number of thiazole rings is 1. The molecule has 0 saturated carbocycles. The van der Waals surface area contributed by atoms with Gasteiger partial charge in [-0.2, -0.15) is 8.78 Å². The zero-order valence-electron chi connectivity index (χ0n) is 12.9. The predicted octanol–water partition coefficient (Wildman–Crippen LogP) is 3.20. The average Bonchev–Trinajstić information content (AvgIpc) is 3.09. The van der Waals surface area contributed by atoms with Crippen LogP contribution in [0.25, 0.3) is 4.96 Å². The number of amides is 1. The second kappa shape index (κ2) is 6.96. The zero-order valence-corrected chi connectivity index (χ0v) is 13.7. The van der Waals surface area contributed by atoms with Crippen molar-refractivity contribution in [3.63, 3.8) is 0 Å². The van der Waals surface area contributed by atoms with Crippen LogP contribution in [-0.4, -0.2) is 33.9 Å². The van der Waals surface area contributed by atoms with E-state index in [-0.39, 0.29) is 18.1 Å². The Kier molecular flexibility index (Phi) is 4.75. The van der Waals surface area contributed by atoms with Crippen molar-refractivity contribution in [3.8, 4) is 5.75 Å². The van der Waals surface area contributed by atoms with Gasteiger partial charge in [0.15, 0.2) is 4.96 Å². The number of imidazole rings is 1. The van der Waals surface area contributed by atoms with Gasteiger partial charge < -0.3 is 9.64 Å². The Bertz CT molecular complexity index is 801. The highest BCUT2D eigenvalue weighted by atomic mass is 32.1. The van der Waals surface area contributed by atoms with Crippen molar-refractivity contribution in [1.82, 2.24) is 14.3 Å². The SMILES string of the molecule is CN(Cc1ccc(OC(F)F)cc1)C(=O)Cc1cn2ccsc2n1. The summed E-state index contributed by atoms with van der Waals surface area (Å²) in [6, 6.07) is 6.24. The minimum absolute atomic E-state index is 0.0614. The number of nitrogens with zero attached hydrogens (tertiary/aromatic N) is 3. The van der Waals surface area contributed by atoms with Crippen LogP contribution in [-0.2, 0) is 17.8 Å². The predicted molar refractivity (Wildman–Crippen MR) is 86.3 cm³/mol. The smallest absolute Gasteiger partial charge is 0.387 e. The van der Waals surface area contributed by atoms with Crippen molar-refractivity contribution in [2.24, 2.45) is 0 Å². The zero-order chi connectivity index (χ0) is 17.1. The molecule has 0 aliphatic carbocycles. The molecule has 1 aromatic carbocycles. The molecule has 1 amide bonds. The van der Waals surface area contributed by atoms with E-state index in [0.29, 0.717) is 6.54 Å². The minimum atomic E-state index is -2.84. The summed E-state index contributed by atoms with van der Waals surface area (Å²) in [5.74, 6) is 0.0365. The molecule has 8 heteroatoms. The first kappa shape index (κ1) is 16.4. The van der Waals surface area contributed by atoms with Crippen molar-refractivity contribution in [3.05, 3.63) is 53.3 Å². The van der Waals surface area contributed by atoms with Gasteiger partial charge in [-0.25, -0.2) is 4.98 Å². The molecule has 0 atom stereocenters. The Balaban J connectivity index is 1.58. The standard InChI is InChI=1S/C16H15F2N3O2S/c1-20(9-11-2-4-13(5-3-11)23-15(17)18)14(22)8-12-10-21-6-7-24-16(21)19-12/h2-7,10,15H,8-9H2,1H3. The summed E-state index contributed by atoms with van der Waals surface area (Å²) in [5, 5.41) is 1.93. The molecule has 0 aliphatic heterocycles. The summed E-state index contributed by atoms with van der Waals surface area (Å²) in [4.78, 5) is 19.1. The molecule has 0 radical (unpaired) electrons. The number of halogens is 2. The maximum absolute atomic E-state index is 12.3. The van der Waals surface area contributed by atoms with E-state index < -0.39 is 6.61 Å². The molecular weight excluding hydrogens is 336 g/mol. The summed E-state index contributed by atoms with van der Waals surface area (Å²) in [6.45, 7) is -2.46. The molecule has 0 N–H and O–H groups in total. The molecule has 3 aromatic rings. The Morgan fingerprint density at radius 2 is 2.12 bits per heavy atom. The molecule has 2 aromatic heterocycles. The highest BCUT2D eigenvalue weighted by molar-refractivity contribution is 7.15. The van der Waals surface area contributed by atoms with Gasteiger partial charge in [-0.05, 0) is 17.7 Å².